The van der Waals surface area contributed by atoms with Crippen molar-refractivity contribution >= 4 is 40.0 Å². The highest BCUT2D eigenvalue weighted by molar-refractivity contribution is 14.0. The number of sulfonamides is 1. The topological polar surface area (TPSA) is 92.3 Å². The second-order valence-corrected chi connectivity index (χ2v) is 8.58. The highest BCUT2D eigenvalue weighted by Crippen LogP contribution is 2.27. The molecule has 0 aromatic heterocycles. The lowest BCUT2D eigenvalue weighted by Gasteiger charge is -2.30. The van der Waals surface area contributed by atoms with Crippen molar-refractivity contribution in [2.75, 3.05) is 47.2 Å². The van der Waals surface area contributed by atoms with Gasteiger partial charge < -0.3 is 20.1 Å². The zero-order valence-electron chi connectivity index (χ0n) is 16.9. The van der Waals surface area contributed by atoms with E-state index in [0.29, 0.717) is 37.1 Å². The van der Waals surface area contributed by atoms with Crippen LogP contribution < -0.4 is 20.1 Å². The molecule has 0 radical (unpaired) electrons. The zero-order chi connectivity index (χ0) is 19.9. The van der Waals surface area contributed by atoms with Gasteiger partial charge in [0.05, 0.1) is 20.5 Å². The first-order valence-corrected chi connectivity index (χ1v) is 10.8. The summed E-state index contributed by atoms with van der Waals surface area (Å²) in [5, 5.41) is 6.61. The van der Waals surface area contributed by atoms with Gasteiger partial charge in [-0.15, -0.1) is 24.0 Å². The lowest BCUT2D eigenvalue weighted by Crippen LogP contribution is -2.43. The molecule has 28 heavy (non-hydrogen) atoms. The third kappa shape index (κ3) is 7.28. The van der Waals surface area contributed by atoms with E-state index in [4.69, 9.17) is 9.47 Å². The Labute approximate surface area is 185 Å². The molecule has 0 unspecified atom stereocenters. The van der Waals surface area contributed by atoms with Crippen LogP contribution in [0, 0.1) is 5.92 Å². The van der Waals surface area contributed by atoms with Crippen molar-refractivity contribution in [2.24, 2.45) is 10.9 Å². The van der Waals surface area contributed by atoms with Gasteiger partial charge in [-0.2, -0.15) is 0 Å². The Kier molecular flexibility index (Phi) is 10.3. The van der Waals surface area contributed by atoms with Crippen LogP contribution in [0.15, 0.2) is 23.2 Å². The summed E-state index contributed by atoms with van der Waals surface area (Å²) < 4.78 is 35.3. The van der Waals surface area contributed by atoms with Crippen LogP contribution in [0.25, 0.3) is 0 Å². The smallest absolute Gasteiger partial charge is 0.211 e. The first-order valence-electron chi connectivity index (χ1n) is 8.98. The molecule has 2 N–H and O–H groups in total. The van der Waals surface area contributed by atoms with Crippen molar-refractivity contribution < 1.29 is 17.9 Å². The SMILES string of the molecule is CN=C(NCc1ccc(OC)c(OC)c1)NCC1CCN(S(C)(=O)=O)CC1.I. The number of hydrogen-bond donors (Lipinski definition) is 2. The summed E-state index contributed by atoms with van der Waals surface area (Å²) in [6, 6.07) is 5.78. The van der Waals surface area contributed by atoms with E-state index >= 15 is 0 Å². The summed E-state index contributed by atoms with van der Waals surface area (Å²) in [6.07, 6.45) is 2.98. The van der Waals surface area contributed by atoms with Crippen LogP contribution in [-0.4, -0.2) is 65.8 Å². The van der Waals surface area contributed by atoms with E-state index in [1.54, 1.807) is 25.6 Å². The number of piperidine rings is 1. The summed E-state index contributed by atoms with van der Waals surface area (Å²) >= 11 is 0. The van der Waals surface area contributed by atoms with E-state index in [1.807, 2.05) is 18.2 Å². The second kappa shape index (κ2) is 11.7. The molecule has 1 aliphatic heterocycles. The summed E-state index contributed by atoms with van der Waals surface area (Å²) in [6.45, 7) is 2.54. The van der Waals surface area contributed by atoms with Crippen LogP contribution in [0.2, 0.25) is 0 Å². The van der Waals surface area contributed by atoms with Gasteiger partial charge in [-0.1, -0.05) is 6.07 Å². The van der Waals surface area contributed by atoms with Gasteiger partial charge in [-0.05, 0) is 36.5 Å². The monoisotopic (exact) mass is 526 g/mol. The Bertz CT molecular complexity index is 750. The largest absolute Gasteiger partial charge is 0.493 e. The molecule has 10 heteroatoms. The molecule has 0 bridgehead atoms. The van der Waals surface area contributed by atoms with Crippen LogP contribution in [0.3, 0.4) is 0 Å². The summed E-state index contributed by atoms with van der Waals surface area (Å²) in [5.74, 6) is 2.54. The first kappa shape index (κ1) is 24.8. The number of rotatable bonds is 7. The third-order valence-electron chi connectivity index (χ3n) is 4.73. The minimum absolute atomic E-state index is 0. The predicted octanol–water partition coefficient (Wildman–Crippen LogP) is 1.66. The Balaban J connectivity index is 0.00000392. The second-order valence-electron chi connectivity index (χ2n) is 6.60. The predicted molar refractivity (Wildman–Crippen MR) is 122 cm³/mol. The van der Waals surface area contributed by atoms with Crippen LogP contribution in [0.5, 0.6) is 11.5 Å². The number of nitrogens with one attached hydrogen (secondary N) is 2. The molecule has 1 aromatic rings. The van der Waals surface area contributed by atoms with Crippen molar-refractivity contribution in [3.05, 3.63) is 23.8 Å². The molecule has 0 amide bonds. The van der Waals surface area contributed by atoms with Crippen molar-refractivity contribution in [3.63, 3.8) is 0 Å². The standard InChI is InChI=1S/C18H30N4O4S.HI/c1-19-18(20-12-14-7-9-22(10-8-14)27(4,23)24)21-13-15-5-6-16(25-2)17(11-15)26-3;/h5-6,11,14H,7-10,12-13H2,1-4H3,(H2,19,20,21);1H. The number of ether oxygens (including phenoxy) is 2. The quantitative estimate of drug-likeness (QED) is 0.319. The van der Waals surface area contributed by atoms with Crippen LogP contribution in [0.4, 0.5) is 0 Å². The molecule has 0 saturated carbocycles. The lowest BCUT2D eigenvalue weighted by molar-refractivity contribution is 0.275. The first-order chi connectivity index (χ1) is 12.9. The van der Waals surface area contributed by atoms with E-state index < -0.39 is 10.0 Å². The fourth-order valence-corrected chi connectivity index (χ4v) is 3.96. The molecule has 0 spiro atoms. The molecule has 1 aliphatic rings. The fourth-order valence-electron chi connectivity index (χ4n) is 3.08. The highest BCUT2D eigenvalue weighted by atomic mass is 127. The molecule has 1 fully saturated rings. The van der Waals surface area contributed by atoms with E-state index in [0.717, 1.165) is 30.9 Å². The van der Waals surface area contributed by atoms with Crippen LogP contribution in [0.1, 0.15) is 18.4 Å². The molecule has 1 aromatic carbocycles. The maximum atomic E-state index is 11.6. The zero-order valence-corrected chi connectivity index (χ0v) is 20.0. The van der Waals surface area contributed by atoms with E-state index in [2.05, 4.69) is 15.6 Å². The molecule has 1 heterocycles. The lowest BCUT2D eigenvalue weighted by atomic mass is 9.98. The summed E-state index contributed by atoms with van der Waals surface area (Å²) in [4.78, 5) is 4.25. The molecule has 2 rings (SSSR count). The van der Waals surface area contributed by atoms with Crippen molar-refractivity contribution in [1.82, 2.24) is 14.9 Å². The van der Waals surface area contributed by atoms with Gasteiger partial charge in [0.25, 0.3) is 0 Å². The number of methoxy groups -OCH3 is 2. The Morgan fingerprint density at radius 2 is 1.82 bits per heavy atom. The molecule has 0 atom stereocenters. The molecule has 8 nitrogen and oxygen atoms in total. The number of halogens is 1. The average Bonchev–Trinajstić information content (AvgIpc) is 2.67. The average molecular weight is 526 g/mol. The van der Waals surface area contributed by atoms with Gasteiger partial charge in [-0.25, -0.2) is 12.7 Å². The van der Waals surface area contributed by atoms with Crippen molar-refractivity contribution in [1.29, 1.82) is 0 Å². The summed E-state index contributed by atoms with van der Waals surface area (Å²) in [5.41, 5.74) is 1.05. The van der Waals surface area contributed by atoms with E-state index in [1.165, 1.54) is 6.26 Å². The van der Waals surface area contributed by atoms with Gasteiger partial charge in [0.2, 0.25) is 10.0 Å². The summed E-state index contributed by atoms with van der Waals surface area (Å²) in [7, 11) is 1.88. The normalized spacial score (nSPS) is 16.2. The van der Waals surface area contributed by atoms with Gasteiger partial charge in [0, 0.05) is 33.2 Å². The van der Waals surface area contributed by atoms with Crippen molar-refractivity contribution in [2.45, 2.75) is 19.4 Å². The molecule has 0 aliphatic carbocycles. The number of hydrogen-bond acceptors (Lipinski definition) is 5. The maximum Gasteiger partial charge on any atom is 0.211 e. The number of guanidine groups is 1. The molecule has 1 saturated heterocycles. The van der Waals surface area contributed by atoms with Crippen LogP contribution >= 0.6 is 24.0 Å². The van der Waals surface area contributed by atoms with E-state index in [9.17, 15) is 8.42 Å². The molecular formula is C18H31IN4O4S. The third-order valence-corrected chi connectivity index (χ3v) is 6.04. The van der Waals surface area contributed by atoms with Gasteiger partial charge in [0.1, 0.15) is 0 Å². The van der Waals surface area contributed by atoms with Gasteiger partial charge in [-0.3, -0.25) is 4.99 Å². The Morgan fingerprint density at radius 3 is 2.36 bits per heavy atom. The van der Waals surface area contributed by atoms with Gasteiger partial charge >= 0.3 is 0 Å². The number of benzene rings is 1. The minimum Gasteiger partial charge on any atom is -0.493 e. The van der Waals surface area contributed by atoms with E-state index in [-0.39, 0.29) is 24.0 Å². The number of nitrogens with zero attached hydrogens (tertiary/aromatic N) is 2. The Hall–Kier alpha value is -1.27. The highest BCUT2D eigenvalue weighted by Gasteiger charge is 2.24. The van der Waals surface area contributed by atoms with Gasteiger partial charge in [0.15, 0.2) is 17.5 Å². The fraction of sp³-hybridized carbons (Fsp3) is 0.611. The van der Waals surface area contributed by atoms with Crippen LogP contribution in [-0.2, 0) is 16.6 Å². The number of aliphatic imine (C=N–C) groups is 1. The van der Waals surface area contributed by atoms with Crippen molar-refractivity contribution in [3.8, 4) is 11.5 Å². The molecular weight excluding hydrogens is 495 g/mol. The maximum absolute atomic E-state index is 11.6. The minimum atomic E-state index is -3.08. The molecule has 160 valence electrons. The Morgan fingerprint density at radius 1 is 1.18 bits per heavy atom.